The summed E-state index contributed by atoms with van der Waals surface area (Å²) < 4.78 is 0. The SMILES string of the molecule is CCCCCCCCCCCC[NH+]1CCCC1CCCC.[F-]. The maximum absolute atomic E-state index is 2.33. The van der Waals surface area contributed by atoms with Crippen LogP contribution in [0.25, 0.3) is 0 Å². The smallest absolute Gasteiger partial charge is 0.0876 e. The second-order valence-electron chi connectivity index (χ2n) is 7.32. The molecular weight excluding hydrogens is 273 g/mol. The van der Waals surface area contributed by atoms with Crippen LogP contribution in [-0.2, 0) is 0 Å². The first-order valence-electron chi connectivity index (χ1n) is 10.2. The van der Waals surface area contributed by atoms with E-state index in [0.29, 0.717) is 0 Å². The number of likely N-dealkylation sites (tertiary alicyclic amines) is 1. The van der Waals surface area contributed by atoms with Crippen molar-refractivity contribution < 1.29 is 9.60 Å². The molecule has 1 nitrogen and oxygen atoms in total. The van der Waals surface area contributed by atoms with Gasteiger partial charge in [-0.25, -0.2) is 0 Å². The summed E-state index contributed by atoms with van der Waals surface area (Å²) in [6, 6.07) is 1.02. The third-order valence-electron chi connectivity index (χ3n) is 5.39. The van der Waals surface area contributed by atoms with Crippen LogP contribution in [0, 0.1) is 0 Å². The summed E-state index contributed by atoms with van der Waals surface area (Å²) in [6.45, 7) is 7.56. The van der Waals surface area contributed by atoms with Gasteiger partial charge in [0.2, 0.25) is 0 Å². The largest absolute Gasteiger partial charge is 1.00 e. The molecule has 1 aliphatic heterocycles. The van der Waals surface area contributed by atoms with E-state index < -0.39 is 0 Å². The predicted octanol–water partition coefficient (Wildman–Crippen LogP) is 2.15. The van der Waals surface area contributed by atoms with Gasteiger partial charge in [-0.3, -0.25) is 0 Å². The lowest BCUT2D eigenvalue weighted by atomic mass is 10.1. The maximum atomic E-state index is 2.33. The van der Waals surface area contributed by atoms with Crippen molar-refractivity contribution in [1.29, 1.82) is 0 Å². The normalized spacial score (nSPS) is 21.0. The zero-order valence-corrected chi connectivity index (χ0v) is 15.5. The lowest BCUT2D eigenvalue weighted by molar-refractivity contribution is -0.912. The minimum Gasteiger partial charge on any atom is -1.00 e. The van der Waals surface area contributed by atoms with Gasteiger partial charge < -0.3 is 9.60 Å². The maximum Gasteiger partial charge on any atom is 0.0876 e. The number of nitrogens with one attached hydrogen (secondary N) is 1. The van der Waals surface area contributed by atoms with Crippen LogP contribution in [-0.4, -0.2) is 19.1 Å². The van der Waals surface area contributed by atoms with Crippen LogP contribution in [0.1, 0.15) is 110 Å². The van der Waals surface area contributed by atoms with E-state index in [-0.39, 0.29) is 4.70 Å². The number of rotatable bonds is 14. The monoisotopic (exact) mass is 315 g/mol. The molecule has 1 aliphatic rings. The molecule has 0 aliphatic carbocycles. The highest BCUT2D eigenvalue weighted by Gasteiger charge is 2.26. The fourth-order valence-corrected chi connectivity index (χ4v) is 3.95. The molecule has 22 heavy (non-hydrogen) atoms. The molecule has 0 radical (unpaired) electrons. The summed E-state index contributed by atoms with van der Waals surface area (Å²) in [5.41, 5.74) is 0. The summed E-state index contributed by atoms with van der Waals surface area (Å²) in [5, 5.41) is 0. The molecule has 0 saturated carbocycles. The molecule has 0 amide bonds. The third kappa shape index (κ3) is 10.6. The van der Waals surface area contributed by atoms with Gasteiger partial charge in [-0.05, 0) is 25.7 Å². The topological polar surface area (TPSA) is 4.44 Å². The average Bonchev–Trinajstić information content (AvgIpc) is 2.94. The Labute approximate surface area is 139 Å². The van der Waals surface area contributed by atoms with Gasteiger partial charge in [0.05, 0.1) is 19.1 Å². The fourth-order valence-electron chi connectivity index (χ4n) is 3.95. The van der Waals surface area contributed by atoms with Gasteiger partial charge in [-0.2, -0.15) is 0 Å². The first-order valence-corrected chi connectivity index (χ1v) is 10.2. The van der Waals surface area contributed by atoms with Crippen molar-refractivity contribution in [3.05, 3.63) is 0 Å². The molecule has 1 heterocycles. The zero-order valence-electron chi connectivity index (χ0n) is 15.5. The first-order chi connectivity index (χ1) is 10.4. The van der Waals surface area contributed by atoms with Crippen molar-refractivity contribution in [3.8, 4) is 0 Å². The summed E-state index contributed by atoms with van der Waals surface area (Å²) in [6.07, 6.45) is 22.0. The highest BCUT2D eigenvalue weighted by molar-refractivity contribution is 4.62. The summed E-state index contributed by atoms with van der Waals surface area (Å²) in [5.74, 6) is 0. The van der Waals surface area contributed by atoms with Gasteiger partial charge in [0.15, 0.2) is 0 Å². The second kappa shape index (κ2) is 15.8. The van der Waals surface area contributed by atoms with Crippen molar-refractivity contribution in [2.75, 3.05) is 13.1 Å². The molecule has 0 spiro atoms. The molecule has 2 atom stereocenters. The first kappa shape index (κ1) is 21.9. The van der Waals surface area contributed by atoms with Crippen molar-refractivity contribution in [1.82, 2.24) is 0 Å². The third-order valence-corrected chi connectivity index (χ3v) is 5.39. The van der Waals surface area contributed by atoms with E-state index in [4.69, 9.17) is 0 Å². The van der Waals surface area contributed by atoms with Crippen LogP contribution in [0.15, 0.2) is 0 Å². The Balaban J connectivity index is 0.00000441. The van der Waals surface area contributed by atoms with Gasteiger partial charge in [0, 0.05) is 12.8 Å². The Morgan fingerprint density at radius 1 is 0.727 bits per heavy atom. The van der Waals surface area contributed by atoms with Gasteiger partial charge >= 0.3 is 0 Å². The number of hydrogen-bond acceptors (Lipinski definition) is 0. The number of quaternary nitrogens is 1. The molecule has 1 N–H and O–H groups in total. The highest BCUT2D eigenvalue weighted by atomic mass is 19.0. The van der Waals surface area contributed by atoms with Crippen LogP contribution in [0.5, 0.6) is 0 Å². The number of unbranched alkanes of at least 4 members (excludes halogenated alkanes) is 10. The molecule has 134 valence electrons. The Morgan fingerprint density at radius 2 is 1.27 bits per heavy atom. The molecule has 1 fully saturated rings. The quantitative estimate of drug-likeness (QED) is 0.469. The van der Waals surface area contributed by atoms with E-state index in [2.05, 4.69) is 13.8 Å². The van der Waals surface area contributed by atoms with E-state index in [0.717, 1.165) is 6.04 Å². The Hall–Kier alpha value is -0.110. The number of halogens is 1. The number of hydrogen-bond donors (Lipinski definition) is 1. The van der Waals surface area contributed by atoms with E-state index in [1.165, 1.54) is 109 Å². The Bertz CT molecular complexity index is 220. The Kier molecular flexibility index (Phi) is 15.7. The van der Waals surface area contributed by atoms with Crippen LogP contribution >= 0.6 is 0 Å². The average molecular weight is 316 g/mol. The van der Waals surface area contributed by atoms with Gasteiger partial charge in [-0.15, -0.1) is 0 Å². The van der Waals surface area contributed by atoms with E-state index >= 15 is 0 Å². The van der Waals surface area contributed by atoms with Crippen molar-refractivity contribution in [3.63, 3.8) is 0 Å². The molecule has 0 bridgehead atoms. The molecule has 0 aromatic heterocycles. The predicted molar refractivity (Wildman–Crippen MR) is 95.1 cm³/mol. The van der Waals surface area contributed by atoms with Crippen molar-refractivity contribution in [2.24, 2.45) is 0 Å². The summed E-state index contributed by atoms with van der Waals surface area (Å²) >= 11 is 0. The van der Waals surface area contributed by atoms with E-state index in [1.807, 2.05) is 4.90 Å². The molecule has 0 aromatic carbocycles. The zero-order chi connectivity index (χ0) is 15.2. The van der Waals surface area contributed by atoms with Crippen LogP contribution in [0.2, 0.25) is 0 Å². The fraction of sp³-hybridized carbons (Fsp3) is 1.00. The molecule has 0 aromatic rings. The van der Waals surface area contributed by atoms with Crippen LogP contribution in [0.4, 0.5) is 0 Å². The summed E-state index contributed by atoms with van der Waals surface area (Å²) in [4.78, 5) is 1.95. The summed E-state index contributed by atoms with van der Waals surface area (Å²) in [7, 11) is 0. The lowest BCUT2D eigenvalue weighted by Crippen LogP contribution is -3.13. The van der Waals surface area contributed by atoms with Gasteiger partial charge in [-0.1, -0.05) is 71.6 Å². The minimum atomic E-state index is 0. The molecular formula is C20H42FN. The standard InChI is InChI=1S/C20H41N.FH/c1-3-5-7-8-9-10-11-12-13-14-18-21-19-15-17-20(21)16-6-4-2;/h20H,3-19H2,1-2H3;1H. The van der Waals surface area contributed by atoms with Crippen LogP contribution < -0.4 is 9.60 Å². The van der Waals surface area contributed by atoms with E-state index in [9.17, 15) is 0 Å². The molecule has 2 unspecified atom stereocenters. The van der Waals surface area contributed by atoms with Crippen LogP contribution in [0.3, 0.4) is 0 Å². The molecule has 1 saturated heterocycles. The minimum absolute atomic E-state index is 0. The van der Waals surface area contributed by atoms with Gasteiger partial charge in [0.25, 0.3) is 0 Å². The van der Waals surface area contributed by atoms with Crippen molar-refractivity contribution in [2.45, 2.75) is 116 Å². The molecule has 2 heteroatoms. The lowest BCUT2D eigenvalue weighted by Gasteiger charge is -2.21. The second-order valence-corrected chi connectivity index (χ2v) is 7.32. The van der Waals surface area contributed by atoms with Gasteiger partial charge in [0.1, 0.15) is 0 Å². The Morgan fingerprint density at radius 3 is 1.86 bits per heavy atom. The van der Waals surface area contributed by atoms with Crippen molar-refractivity contribution >= 4 is 0 Å². The molecule has 1 rings (SSSR count). The highest BCUT2D eigenvalue weighted by Crippen LogP contribution is 2.11. The van der Waals surface area contributed by atoms with E-state index in [1.54, 1.807) is 0 Å².